The number of ether oxygens (including phenoxy) is 1. The third-order valence-electron chi connectivity index (χ3n) is 3.68. The first kappa shape index (κ1) is 12.3. The summed E-state index contributed by atoms with van der Waals surface area (Å²) in [6.07, 6.45) is 6.63. The smallest absolute Gasteiger partial charge is 0.235 e. The first-order valence-electron chi connectivity index (χ1n) is 6.14. The van der Waals surface area contributed by atoms with Crippen molar-refractivity contribution in [2.24, 2.45) is 11.1 Å². The van der Waals surface area contributed by atoms with E-state index in [-0.39, 0.29) is 12.0 Å². The molecule has 0 radical (unpaired) electrons. The molecule has 0 aromatic carbocycles. The van der Waals surface area contributed by atoms with E-state index in [9.17, 15) is 0 Å². The molecule has 4 nitrogen and oxygen atoms in total. The van der Waals surface area contributed by atoms with Gasteiger partial charge >= 0.3 is 0 Å². The summed E-state index contributed by atoms with van der Waals surface area (Å²) in [6, 6.07) is 0.161. The lowest BCUT2D eigenvalue weighted by atomic mass is 9.69. The van der Waals surface area contributed by atoms with Crippen LogP contribution in [0.1, 0.15) is 44.7 Å². The predicted octanol–water partition coefficient (Wildman–Crippen LogP) is 2.11. The van der Waals surface area contributed by atoms with Gasteiger partial charge in [0.15, 0.2) is 0 Å². The summed E-state index contributed by atoms with van der Waals surface area (Å²) in [5.41, 5.74) is 7.47. The highest BCUT2D eigenvalue weighted by atomic mass is 16.5. The van der Waals surface area contributed by atoms with E-state index >= 15 is 0 Å². The summed E-state index contributed by atoms with van der Waals surface area (Å²) in [4.78, 5) is 8.64. The molecule has 1 aromatic rings. The zero-order chi connectivity index (χ0) is 12.5. The monoisotopic (exact) mass is 235 g/mol. The van der Waals surface area contributed by atoms with Crippen molar-refractivity contribution < 1.29 is 4.74 Å². The molecule has 1 aromatic heterocycles. The Balaban J connectivity index is 2.30. The zero-order valence-corrected chi connectivity index (χ0v) is 10.8. The molecular formula is C13H21N3O. The fourth-order valence-corrected chi connectivity index (χ4v) is 2.65. The summed E-state index contributed by atoms with van der Waals surface area (Å²) in [5, 5.41) is 0. The molecule has 2 N–H and O–H groups in total. The van der Waals surface area contributed by atoms with Crippen molar-refractivity contribution in [1.29, 1.82) is 0 Å². The molecule has 2 atom stereocenters. The van der Waals surface area contributed by atoms with E-state index in [2.05, 4.69) is 23.8 Å². The van der Waals surface area contributed by atoms with Crippen LogP contribution in [0.25, 0.3) is 0 Å². The van der Waals surface area contributed by atoms with Crippen molar-refractivity contribution in [3.8, 4) is 5.88 Å². The third kappa shape index (κ3) is 2.57. The van der Waals surface area contributed by atoms with E-state index in [1.807, 2.05) is 0 Å². The van der Waals surface area contributed by atoms with Gasteiger partial charge in [0.1, 0.15) is 5.69 Å². The number of nitrogens with zero attached hydrogens (tertiary/aromatic N) is 2. The Morgan fingerprint density at radius 2 is 2.06 bits per heavy atom. The number of rotatable bonds is 2. The van der Waals surface area contributed by atoms with Crippen LogP contribution >= 0.6 is 0 Å². The topological polar surface area (TPSA) is 61.0 Å². The first-order valence-corrected chi connectivity index (χ1v) is 6.14. The summed E-state index contributed by atoms with van der Waals surface area (Å²) >= 11 is 0. The largest absolute Gasteiger partial charge is 0.480 e. The van der Waals surface area contributed by atoms with Gasteiger partial charge in [-0.15, -0.1) is 0 Å². The highest BCUT2D eigenvalue weighted by Gasteiger charge is 2.36. The first-order chi connectivity index (χ1) is 8.03. The lowest BCUT2D eigenvalue weighted by Gasteiger charge is -2.39. The normalized spacial score (nSPS) is 27.8. The molecule has 0 spiro atoms. The van der Waals surface area contributed by atoms with E-state index in [1.54, 1.807) is 19.5 Å². The van der Waals surface area contributed by atoms with Gasteiger partial charge < -0.3 is 10.5 Å². The van der Waals surface area contributed by atoms with E-state index in [0.717, 1.165) is 18.5 Å². The second-order valence-electron chi connectivity index (χ2n) is 5.63. The lowest BCUT2D eigenvalue weighted by Crippen LogP contribution is -2.38. The minimum atomic E-state index is 0.161. The molecule has 2 unspecified atom stereocenters. The Kier molecular flexibility index (Phi) is 3.33. The van der Waals surface area contributed by atoms with E-state index in [4.69, 9.17) is 10.5 Å². The molecule has 2 rings (SSSR count). The van der Waals surface area contributed by atoms with Crippen LogP contribution in [-0.2, 0) is 0 Å². The molecule has 4 heteroatoms. The maximum atomic E-state index is 6.23. The van der Waals surface area contributed by atoms with Gasteiger partial charge in [0, 0.05) is 24.4 Å². The van der Waals surface area contributed by atoms with Gasteiger partial charge in [-0.3, -0.25) is 4.98 Å². The second-order valence-corrected chi connectivity index (χ2v) is 5.63. The predicted molar refractivity (Wildman–Crippen MR) is 66.9 cm³/mol. The average Bonchev–Trinajstić information content (AvgIpc) is 2.32. The molecule has 1 fully saturated rings. The van der Waals surface area contributed by atoms with Crippen molar-refractivity contribution in [1.82, 2.24) is 9.97 Å². The van der Waals surface area contributed by atoms with Gasteiger partial charge in [-0.2, -0.15) is 0 Å². The molecule has 17 heavy (non-hydrogen) atoms. The minimum absolute atomic E-state index is 0.161. The van der Waals surface area contributed by atoms with Gasteiger partial charge in [-0.25, -0.2) is 4.98 Å². The third-order valence-corrected chi connectivity index (χ3v) is 3.68. The minimum Gasteiger partial charge on any atom is -0.480 e. The van der Waals surface area contributed by atoms with Crippen molar-refractivity contribution in [2.75, 3.05) is 7.11 Å². The second kappa shape index (κ2) is 4.61. The molecule has 0 saturated heterocycles. The van der Waals surface area contributed by atoms with Crippen molar-refractivity contribution in [2.45, 2.75) is 45.1 Å². The molecule has 1 saturated carbocycles. The van der Waals surface area contributed by atoms with Crippen LogP contribution in [0.4, 0.5) is 0 Å². The Morgan fingerprint density at radius 1 is 1.35 bits per heavy atom. The Hall–Kier alpha value is -1.16. The number of nitrogens with two attached hydrogens (primary N) is 1. The molecule has 0 aliphatic heterocycles. The van der Waals surface area contributed by atoms with Gasteiger partial charge in [0.2, 0.25) is 5.88 Å². The highest BCUT2D eigenvalue weighted by Crippen LogP contribution is 2.43. The standard InChI is InChI=1S/C13H21N3O/c1-13(2)5-4-10(14)9(8-13)11-12(17-3)16-7-6-15-11/h6-7,9-10H,4-5,8,14H2,1-3H3. The molecule has 1 aliphatic rings. The van der Waals surface area contributed by atoms with E-state index in [1.165, 1.54) is 6.42 Å². The van der Waals surface area contributed by atoms with Gasteiger partial charge in [-0.1, -0.05) is 13.8 Å². The Labute approximate surface area is 103 Å². The lowest BCUT2D eigenvalue weighted by molar-refractivity contribution is 0.193. The quantitative estimate of drug-likeness (QED) is 0.852. The SMILES string of the molecule is COc1nccnc1C1CC(C)(C)CCC1N. The fraction of sp³-hybridized carbons (Fsp3) is 0.692. The maximum absolute atomic E-state index is 6.23. The van der Waals surface area contributed by atoms with Crippen LogP contribution in [0.15, 0.2) is 12.4 Å². The maximum Gasteiger partial charge on any atom is 0.235 e. The van der Waals surface area contributed by atoms with Gasteiger partial charge in [0.05, 0.1) is 7.11 Å². The Morgan fingerprint density at radius 3 is 2.76 bits per heavy atom. The van der Waals surface area contributed by atoms with Crippen LogP contribution in [-0.4, -0.2) is 23.1 Å². The van der Waals surface area contributed by atoms with Crippen LogP contribution in [0.5, 0.6) is 5.88 Å². The summed E-state index contributed by atoms with van der Waals surface area (Å²) < 4.78 is 5.29. The van der Waals surface area contributed by atoms with Crippen molar-refractivity contribution in [3.05, 3.63) is 18.1 Å². The van der Waals surface area contributed by atoms with E-state index < -0.39 is 0 Å². The zero-order valence-electron chi connectivity index (χ0n) is 10.8. The van der Waals surface area contributed by atoms with Crippen molar-refractivity contribution in [3.63, 3.8) is 0 Å². The van der Waals surface area contributed by atoms with Crippen molar-refractivity contribution >= 4 is 0 Å². The van der Waals surface area contributed by atoms with Gasteiger partial charge in [0.25, 0.3) is 0 Å². The highest BCUT2D eigenvalue weighted by molar-refractivity contribution is 5.24. The molecule has 0 amide bonds. The fourth-order valence-electron chi connectivity index (χ4n) is 2.65. The Bertz CT molecular complexity index is 392. The van der Waals surface area contributed by atoms with E-state index in [0.29, 0.717) is 11.3 Å². The van der Waals surface area contributed by atoms with Crippen LogP contribution in [0.3, 0.4) is 0 Å². The van der Waals surface area contributed by atoms with Crippen LogP contribution < -0.4 is 10.5 Å². The van der Waals surface area contributed by atoms with Crippen LogP contribution in [0, 0.1) is 5.41 Å². The summed E-state index contributed by atoms with van der Waals surface area (Å²) in [7, 11) is 1.63. The molecular weight excluding hydrogens is 214 g/mol. The molecule has 1 heterocycles. The van der Waals surface area contributed by atoms with Gasteiger partial charge in [-0.05, 0) is 24.7 Å². The molecule has 94 valence electrons. The summed E-state index contributed by atoms with van der Waals surface area (Å²) in [5.74, 6) is 0.869. The number of hydrogen-bond donors (Lipinski definition) is 1. The molecule has 0 bridgehead atoms. The number of hydrogen-bond acceptors (Lipinski definition) is 4. The molecule has 1 aliphatic carbocycles. The average molecular weight is 235 g/mol. The number of aromatic nitrogens is 2. The summed E-state index contributed by atoms with van der Waals surface area (Å²) in [6.45, 7) is 4.57. The van der Waals surface area contributed by atoms with Crippen LogP contribution in [0.2, 0.25) is 0 Å². The number of methoxy groups -OCH3 is 1.